The number of aromatic nitrogens is 2. The molecule has 1 aromatic carbocycles. The lowest BCUT2D eigenvalue weighted by Crippen LogP contribution is -2.30. The van der Waals surface area contributed by atoms with E-state index in [9.17, 15) is 14.0 Å². The Morgan fingerprint density at radius 3 is 2.57 bits per heavy atom. The number of amides is 3. The average molecular weight is 404 g/mol. The fourth-order valence-corrected chi connectivity index (χ4v) is 3.55. The van der Waals surface area contributed by atoms with E-state index in [1.54, 1.807) is 30.5 Å². The highest BCUT2D eigenvalue weighted by molar-refractivity contribution is 6.14. The predicted molar refractivity (Wildman–Crippen MR) is 111 cm³/mol. The Morgan fingerprint density at radius 2 is 1.87 bits per heavy atom. The maximum absolute atomic E-state index is 13.9. The fourth-order valence-electron chi connectivity index (χ4n) is 3.55. The zero-order valence-corrected chi connectivity index (χ0v) is 16.9. The number of pyridine rings is 1. The van der Waals surface area contributed by atoms with Gasteiger partial charge >= 0.3 is 6.03 Å². The summed E-state index contributed by atoms with van der Waals surface area (Å²) in [6.07, 6.45) is 3.45. The highest BCUT2D eigenvalue weighted by Crippen LogP contribution is 2.24. The maximum atomic E-state index is 13.9. The third-order valence-electron chi connectivity index (χ3n) is 5.14. The Bertz CT molecular complexity index is 1180. The van der Waals surface area contributed by atoms with Gasteiger partial charge in [-0.3, -0.25) is 9.69 Å². The monoisotopic (exact) mass is 404 g/mol. The first-order valence-electron chi connectivity index (χ1n) is 9.55. The van der Waals surface area contributed by atoms with Crippen LogP contribution >= 0.6 is 0 Å². The van der Waals surface area contributed by atoms with Crippen molar-refractivity contribution in [3.8, 4) is 5.82 Å². The molecule has 0 radical (unpaired) electrons. The highest BCUT2D eigenvalue weighted by Gasteiger charge is 2.34. The molecule has 6 nitrogen and oxygen atoms in total. The summed E-state index contributed by atoms with van der Waals surface area (Å²) in [5.74, 6) is -0.158. The van der Waals surface area contributed by atoms with Crippen molar-refractivity contribution in [3.63, 3.8) is 0 Å². The van der Waals surface area contributed by atoms with E-state index >= 15 is 0 Å². The van der Waals surface area contributed by atoms with Gasteiger partial charge in [-0.05, 0) is 56.2 Å². The van der Waals surface area contributed by atoms with Crippen LogP contribution in [-0.2, 0) is 11.3 Å². The first kappa shape index (κ1) is 19.6. The number of carbonyl (C=O) groups excluding carboxylic acids is 2. The third kappa shape index (κ3) is 3.50. The van der Waals surface area contributed by atoms with Gasteiger partial charge in [0.05, 0.1) is 6.54 Å². The second-order valence-electron chi connectivity index (χ2n) is 7.33. The number of nitrogens with one attached hydrogen (secondary N) is 1. The summed E-state index contributed by atoms with van der Waals surface area (Å²) in [5, 5.41) is 2.60. The van der Waals surface area contributed by atoms with E-state index in [2.05, 4.69) is 10.3 Å². The van der Waals surface area contributed by atoms with Crippen molar-refractivity contribution in [3.05, 3.63) is 88.3 Å². The van der Waals surface area contributed by atoms with Crippen LogP contribution in [0.15, 0.2) is 54.4 Å². The van der Waals surface area contributed by atoms with Crippen LogP contribution in [0.3, 0.4) is 0 Å². The molecule has 1 aliphatic heterocycles. The summed E-state index contributed by atoms with van der Waals surface area (Å²) in [4.78, 5) is 30.6. The van der Waals surface area contributed by atoms with Gasteiger partial charge in [0.25, 0.3) is 5.91 Å². The number of imide groups is 1. The molecule has 7 heteroatoms. The summed E-state index contributed by atoms with van der Waals surface area (Å²) in [7, 11) is 0. The van der Waals surface area contributed by atoms with Crippen LogP contribution in [0.1, 0.15) is 28.1 Å². The molecule has 3 aromatic rings. The molecule has 1 aliphatic rings. The molecule has 30 heavy (non-hydrogen) atoms. The largest absolute Gasteiger partial charge is 0.329 e. The number of halogens is 1. The van der Waals surface area contributed by atoms with Crippen molar-refractivity contribution in [1.29, 1.82) is 0 Å². The van der Waals surface area contributed by atoms with Crippen LogP contribution in [0.25, 0.3) is 11.9 Å². The predicted octanol–water partition coefficient (Wildman–Crippen LogP) is 4.03. The smallest absolute Gasteiger partial charge is 0.303 e. The lowest BCUT2D eigenvalue weighted by atomic mass is 10.2. The molecule has 152 valence electrons. The number of benzene rings is 1. The summed E-state index contributed by atoms with van der Waals surface area (Å²) in [6, 6.07) is 11.4. The molecule has 0 spiro atoms. The van der Waals surface area contributed by atoms with Crippen LogP contribution < -0.4 is 5.32 Å². The van der Waals surface area contributed by atoms with Crippen molar-refractivity contribution in [1.82, 2.24) is 19.8 Å². The van der Waals surface area contributed by atoms with Gasteiger partial charge in [-0.2, -0.15) is 0 Å². The van der Waals surface area contributed by atoms with E-state index in [1.165, 1.54) is 6.07 Å². The minimum atomic E-state index is -0.566. The Labute approximate surface area is 173 Å². The zero-order valence-electron chi connectivity index (χ0n) is 16.9. The minimum absolute atomic E-state index is 0.124. The first-order chi connectivity index (χ1) is 14.3. The number of rotatable bonds is 4. The van der Waals surface area contributed by atoms with Gasteiger partial charge in [0.15, 0.2) is 0 Å². The summed E-state index contributed by atoms with van der Waals surface area (Å²) >= 11 is 0. The van der Waals surface area contributed by atoms with E-state index in [0.717, 1.165) is 33.2 Å². The van der Waals surface area contributed by atoms with Gasteiger partial charge in [0, 0.05) is 23.1 Å². The lowest BCUT2D eigenvalue weighted by Gasteiger charge is -2.12. The van der Waals surface area contributed by atoms with Gasteiger partial charge in [0.1, 0.15) is 17.3 Å². The summed E-state index contributed by atoms with van der Waals surface area (Å²) < 4.78 is 15.9. The quantitative estimate of drug-likeness (QED) is 0.527. The molecular weight excluding hydrogens is 383 g/mol. The van der Waals surface area contributed by atoms with Crippen molar-refractivity contribution in [2.45, 2.75) is 27.3 Å². The SMILES string of the molecule is Cc1ccc(-n2c(C)cc(/C=C3/NC(=O)N(Cc4ccccc4F)C3=O)c2C)nc1. The van der Waals surface area contributed by atoms with Crippen LogP contribution in [0.5, 0.6) is 0 Å². The van der Waals surface area contributed by atoms with Gasteiger partial charge < -0.3 is 9.88 Å². The summed E-state index contributed by atoms with van der Waals surface area (Å²) in [5.41, 5.74) is 4.16. The minimum Gasteiger partial charge on any atom is -0.303 e. The Hall–Kier alpha value is -3.74. The number of aryl methyl sites for hydroxylation is 2. The molecule has 3 amide bonds. The highest BCUT2D eigenvalue weighted by atomic mass is 19.1. The van der Waals surface area contributed by atoms with E-state index in [4.69, 9.17) is 0 Å². The number of hydrogen-bond acceptors (Lipinski definition) is 3. The first-order valence-corrected chi connectivity index (χ1v) is 9.55. The normalized spacial score (nSPS) is 15.2. The van der Waals surface area contributed by atoms with Crippen molar-refractivity contribution in [2.24, 2.45) is 0 Å². The van der Waals surface area contributed by atoms with E-state index in [-0.39, 0.29) is 17.8 Å². The number of carbonyl (C=O) groups is 2. The standard InChI is InChI=1S/C23H21FN4O2/c1-14-8-9-21(25-12-14)28-15(2)10-18(16(28)3)11-20-22(29)27(23(30)26-20)13-17-6-4-5-7-19(17)24/h4-12H,13H2,1-3H3,(H,26,30)/b20-11+. The average Bonchev–Trinajstić information content (AvgIpc) is 3.14. The Morgan fingerprint density at radius 1 is 1.10 bits per heavy atom. The van der Waals surface area contributed by atoms with Crippen molar-refractivity contribution >= 4 is 18.0 Å². The second-order valence-corrected chi connectivity index (χ2v) is 7.33. The van der Waals surface area contributed by atoms with Gasteiger partial charge in [-0.1, -0.05) is 24.3 Å². The molecule has 1 saturated heterocycles. The van der Waals surface area contributed by atoms with Crippen molar-refractivity contribution < 1.29 is 14.0 Å². The van der Waals surface area contributed by atoms with Crippen molar-refractivity contribution in [2.75, 3.05) is 0 Å². The van der Waals surface area contributed by atoms with E-state index < -0.39 is 17.8 Å². The molecule has 3 heterocycles. The molecule has 2 aromatic heterocycles. The molecule has 1 fully saturated rings. The molecule has 0 unspecified atom stereocenters. The molecule has 0 saturated carbocycles. The lowest BCUT2D eigenvalue weighted by molar-refractivity contribution is -0.123. The van der Waals surface area contributed by atoms with Crippen LogP contribution in [0.2, 0.25) is 0 Å². The second kappa shape index (κ2) is 7.59. The molecule has 0 atom stereocenters. The molecule has 0 bridgehead atoms. The number of nitrogens with zero attached hydrogens (tertiary/aromatic N) is 3. The van der Waals surface area contributed by atoms with E-state index in [0.29, 0.717) is 0 Å². The van der Waals surface area contributed by atoms with E-state index in [1.807, 2.05) is 43.5 Å². The van der Waals surface area contributed by atoms with Crippen LogP contribution in [0, 0.1) is 26.6 Å². The molecular formula is C23H21FN4O2. The molecule has 4 rings (SSSR count). The zero-order chi connectivity index (χ0) is 21.4. The van der Waals surface area contributed by atoms with Gasteiger partial charge in [-0.15, -0.1) is 0 Å². The Balaban J connectivity index is 1.63. The fraction of sp³-hybridized carbons (Fsp3) is 0.174. The topological polar surface area (TPSA) is 67.2 Å². The van der Waals surface area contributed by atoms with Crippen LogP contribution in [-0.4, -0.2) is 26.4 Å². The van der Waals surface area contributed by atoms with Gasteiger partial charge in [-0.25, -0.2) is 14.2 Å². The summed E-state index contributed by atoms with van der Waals surface area (Å²) in [6.45, 7) is 5.74. The van der Waals surface area contributed by atoms with Crippen LogP contribution in [0.4, 0.5) is 9.18 Å². The Kier molecular flexibility index (Phi) is 4.95. The number of urea groups is 1. The number of hydrogen-bond donors (Lipinski definition) is 1. The maximum Gasteiger partial charge on any atom is 0.329 e. The molecule has 0 aliphatic carbocycles. The van der Waals surface area contributed by atoms with Gasteiger partial charge in [0.2, 0.25) is 0 Å². The molecule has 1 N–H and O–H groups in total. The third-order valence-corrected chi connectivity index (χ3v) is 5.14.